The molecular weight excluding hydrogens is 260 g/mol. The molecule has 1 atom stereocenters. The Morgan fingerprint density at radius 1 is 0.952 bits per heavy atom. The van der Waals surface area contributed by atoms with Gasteiger partial charge in [-0.2, -0.15) is 0 Å². The molecule has 0 saturated carbocycles. The molecule has 1 amide bonds. The van der Waals surface area contributed by atoms with Gasteiger partial charge in [0, 0.05) is 12.2 Å². The van der Waals surface area contributed by atoms with Crippen LogP contribution in [0, 0.1) is 13.8 Å². The van der Waals surface area contributed by atoms with Crippen molar-refractivity contribution in [3.05, 3.63) is 65.2 Å². The highest BCUT2D eigenvalue weighted by atomic mass is 16.2. The molecule has 2 rings (SSSR count). The van der Waals surface area contributed by atoms with Crippen LogP contribution in [0.2, 0.25) is 0 Å². The van der Waals surface area contributed by atoms with E-state index in [2.05, 4.69) is 41.8 Å². The van der Waals surface area contributed by atoms with E-state index in [1.165, 1.54) is 16.7 Å². The fourth-order valence-corrected chi connectivity index (χ4v) is 1.96. The quantitative estimate of drug-likeness (QED) is 0.882. The SMILES string of the molecule is Cc1ccc(CNC(C)C(=O)Nc2ccc(C)cc2)cc1. The Morgan fingerprint density at radius 3 is 2.05 bits per heavy atom. The van der Waals surface area contributed by atoms with Crippen molar-refractivity contribution in [2.45, 2.75) is 33.4 Å². The summed E-state index contributed by atoms with van der Waals surface area (Å²) in [5.74, 6) is -0.0223. The maximum absolute atomic E-state index is 12.1. The maximum atomic E-state index is 12.1. The zero-order chi connectivity index (χ0) is 15.2. The number of carbonyl (C=O) groups is 1. The van der Waals surface area contributed by atoms with Crippen LogP contribution < -0.4 is 10.6 Å². The van der Waals surface area contributed by atoms with E-state index in [-0.39, 0.29) is 11.9 Å². The minimum absolute atomic E-state index is 0.0223. The average Bonchev–Trinajstić information content (AvgIpc) is 2.48. The summed E-state index contributed by atoms with van der Waals surface area (Å²) < 4.78 is 0. The Hall–Kier alpha value is -2.13. The Labute approximate surface area is 126 Å². The minimum atomic E-state index is -0.243. The summed E-state index contributed by atoms with van der Waals surface area (Å²) in [6.45, 7) is 6.65. The lowest BCUT2D eigenvalue weighted by atomic mass is 10.1. The van der Waals surface area contributed by atoms with Crippen molar-refractivity contribution in [1.82, 2.24) is 5.32 Å². The van der Waals surface area contributed by atoms with E-state index in [1.54, 1.807) is 0 Å². The van der Waals surface area contributed by atoms with Crippen molar-refractivity contribution in [2.75, 3.05) is 5.32 Å². The van der Waals surface area contributed by atoms with Crippen LogP contribution in [0.1, 0.15) is 23.6 Å². The number of benzene rings is 2. The van der Waals surface area contributed by atoms with Gasteiger partial charge in [-0.15, -0.1) is 0 Å². The summed E-state index contributed by atoms with van der Waals surface area (Å²) >= 11 is 0. The van der Waals surface area contributed by atoms with Crippen molar-refractivity contribution in [2.24, 2.45) is 0 Å². The van der Waals surface area contributed by atoms with E-state index < -0.39 is 0 Å². The molecule has 0 fully saturated rings. The highest BCUT2D eigenvalue weighted by Gasteiger charge is 2.12. The lowest BCUT2D eigenvalue weighted by Crippen LogP contribution is -2.37. The van der Waals surface area contributed by atoms with E-state index in [9.17, 15) is 4.79 Å². The highest BCUT2D eigenvalue weighted by Crippen LogP contribution is 2.09. The number of hydrogen-bond donors (Lipinski definition) is 2. The van der Waals surface area contributed by atoms with Gasteiger partial charge in [-0.1, -0.05) is 47.5 Å². The molecule has 0 heterocycles. The molecule has 0 aliphatic heterocycles. The molecule has 2 aromatic rings. The van der Waals surface area contributed by atoms with Crippen LogP contribution in [0.4, 0.5) is 5.69 Å². The topological polar surface area (TPSA) is 41.1 Å². The van der Waals surface area contributed by atoms with E-state index in [0.29, 0.717) is 6.54 Å². The second-order valence-corrected chi connectivity index (χ2v) is 5.44. The fraction of sp³-hybridized carbons (Fsp3) is 0.278. The second-order valence-electron chi connectivity index (χ2n) is 5.44. The number of hydrogen-bond acceptors (Lipinski definition) is 2. The predicted octanol–water partition coefficient (Wildman–Crippen LogP) is 3.42. The fourth-order valence-electron chi connectivity index (χ4n) is 1.96. The maximum Gasteiger partial charge on any atom is 0.241 e. The van der Waals surface area contributed by atoms with Gasteiger partial charge in [0.2, 0.25) is 5.91 Å². The molecule has 21 heavy (non-hydrogen) atoms. The molecular formula is C18H22N2O. The van der Waals surface area contributed by atoms with Crippen LogP contribution >= 0.6 is 0 Å². The molecule has 1 unspecified atom stereocenters. The van der Waals surface area contributed by atoms with Crippen molar-refractivity contribution < 1.29 is 4.79 Å². The van der Waals surface area contributed by atoms with Crippen LogP contribution in [0.15, 0.2) is 48.5 Å². The van der Waals surface area contributed by atoms with Crippen molar-refractivity contribution in [1.29, 1.82) is 0 Å². The smallest absolute Gasteiger partial charge is 0.241 e. The molecule has 0 aliphatic carbocycles. The summed E-state index contributed by atoms with van der Waals surface area (Å²) in [6, 6.07) is 15.9. The number of amides is 1. The van der Waals surface area contributed by atoms with E-state index in [1.807, 2.05) is 38.1 Å². The monoisotopic (exact) mass is 282 g/mol. The molecule has 0 bridgehead atoms. The van der Waals surface area contributed by atoms with Crippen molar-refractivity contribution in [3.8, 4) is 0 Å². The van der Waals surface area contributed by atoms with Crippen LogP contribution in [-0.4, -0.2) is 11.9 Å². The third-order valence-electron chi connectivity index (χ3n) is 3.45. The van der Waals surface area contributed by atoms with Crippen molar-refractivity contribution in [3.63, 3.8) is 0 Å². The summed E-state index contributed by atoms with van der Waals surface area (Å²) in [5, 5.41) is 6.15. The van der Waals surface area contributed by atoms with Gasteiger partial charge in [0.25, 0.3) is 0 Å². The van der Waals surface area contributed by atoms with Gasteiger partial charge in [-0.05, 0) is 38.5 Å². The first-order valence-electron chi connectivity index (χ1n) is 7.21. The van der Waals surface area contributed by atoms with Gasteiger partial charge >= 0.3 is 0 Å². The van der Waals surface area contributed by atoms with Gasteiger partial charge in [0.1, 0.15) is 0 Å². The Morgan fingerprint density at radius 2 is 1.48 bits per heavy atom. The van der Waals surface area contributed by atoms with E-state index in [4.69, 9.17) is 0 Å². The molecule has 2 aromatic carbocycles. The van der Waals surface area contributed by atoms with Crippen LogP contribution in [0.3, 0.4) is 0 Å². The number of rotatable bonds is 5. The minimum Gasteiger partial charge on any atom is -0.325 e. The third-order valence-corrected chi connectivity index (χ3v) is 3.45. The summed E-state index contributed by atoms with van der Waals surface area (Å²) in [5.41, 5.74) is 4.42. The number of nitrogens with one attached hydrogen (secondary N) is 2. The number of anilines is 1. The van der Waals surface area contributed by atoms with Crippen LogP contribution in [0.5, 0.6) is 0 Å². The molecule has 110 valence electrons. The lowest BCUT2D eigenvalue weighted by Gasteiger charge is -2.14. The first kappa shape index (κ1) is 15.3. The Kier molecular flexibility index (Phi) is 5.12. The number of carbonyl (C=O) groups excluding carboxylic acids is 1. The second kappa shape index (κ2) is 7.04. The largest absolute Gasteiger partial charge is 0.325 e. The zero-order valence-electron chi connectivity index (χ0n) is 12.8. The highest BCUT2D eigenvalue weighted by molar-refractivity contribution is 5.94. The lowest BCUT2D eigenvalue weighted by molar-refractivity contribution is -0.117. The zero-order valence-corrected chi connectivity index (χ0v) is 12.8. The first-order chi connectivity index (χ1) is 10.0. The molecule has 3 nitrogen and oxygen atoms in total. The molecule has 3 heteroatoms. The van der Waals surface area contributed by atoms with Crippen LogP contribution in [0.25, 0.3) is 0 Å². The van der Waals surface area contributed by atoms with Gasteiger partial charge in [0.05, 0.1) is 6.04 Å². The Bertz CT molecular complexity index is 588. The van der Waals surface area contributed by atoms with E-state index in [0.717, 1.165) is 5.69 Å². The molecule has 0 saturated heterocycles. The molecule has 0 spiro atoms. The van der Waals surface area contributed by atoms with Gasteiger partial charge in [-0.3, -0.25) is 4.79 Å². The average molecular weight is 282 g/mol. The van der Waals surface area contributed by atoms with Gasteiger partial charge < -0.3 is 10.6 Å². The Balaban J connectivity index is 1.84. The number of aryl methyl sites for hydroxylation is 2. The first-order valence-corrected chi connectivity index (χ1v) is 7.21. The standard InChI is InChI=1S/C18H22N2O/c1-13-4-8-16(9-5-13)12-19-15(3)18(21)20-17-10-6-14(2)7-11-17/h4-11,15,19H,12H2,1-3H3,(H,20,21). The van der Waals surface area contributed by atoms with E-state index >= 15 is 0 Å². The molecule has 0 radical (unpaired) electrons. The summed E-state index contributed by atoms with van der Waals surface area (Å²) in [4.78, 5) is 12.1. The van der Waals surface area contributed by atoms with Crippen LogP contribution in [-0.2, 0) is 11.3 Å². The molecule has 2 N–H and O–H groups in total. The van der Waals surface area contributed by atoms with Crippen molar-refractivity contribution >= 4 is 11.6 Å². The normalized spacial score (nSPS) is 12.0. The molecule has 0 aromatic heterocycles. The third kappa shape index (κ3) is 4.72. The summed E-state index contributed by atoms with van der Waals surface area (Å²) in [6.07, 6.45) is 0. The van der Waals surface area contributed by atoms with Gasteiger partial charge in [-0.25, -0.2) is 0 Å². The van der Waals surface area contributed by atoms with Gasteiger partial charge in [0.15, 0.2) is 0 Å². The predicted molar refractivity (Wildman–Crippen MR) is 87.3 cm³/mol. The molecule has 0 aliphatic rings. The summed E-state index contributed by atoms with van der Waals surface area (Å²) in [7, 11) is 0.